The highest BCUT2D eigenvalue weighted by molar-refractivity contribution is 5.77. The molecular formula is C18H25NO. The predicted molar refractivity (Wildman–Crippen MR) is 83.7 cm³/mol. The van der Waals surface area contributed by atoms with Crippen LogP contribution in [0.25, 0.3) is 11.0 Å². The molecule has 1 aromatic heterocycles. The Hall–Kier alpha value is -1.28. The fourth-order valence-corrected chi connectivity index (χ4v) is 3.46. The topological polar surface area (TPSA) is 25.2 Å². The van der Waals surface area contributed by atoms with Crippen molar-refractivity contribution in [1.82, 2.24) is 5.32 Å². The van der Waals surface area contributed by atoms with Gasteiger partial charge < -0.3 is 9.73 Å². The van der Waals surface area contributed by atoms with Gasteiger partial charge >= 0.3 is 0 Å². The minimum absolute atomic E-state index is 0.844. The highest BCUT2D eigenvalue weighted by Gasteiger charge is 2.18. The van der Waals surface area contributed by atoms with E-state index in [1.54, 1.807) is 0 Å². The first-order valence-electron chi connectivity index (χ1n) is 7.99. The molecule has 0 amide bonds. The monoisotopic (exact) mass is 271 g/mol. The molecule has 108 valence electrons. The van der Waals surface area contributed by atoms with Crippen LogP contribution in [-0.4, -0.2) is 6.54 Å². The van der Waals surface area contributed by atoms with E-state index in [0.717, 1.165) is 36.3 Å². The molecule has 2 atom stereocenters. The highest BCUT2D eigenvalue weighted by Crippen LogP contribution is 2.30. The molecule has 1 N–H and O–H groups in total. The van der Waals surface area contributed by atoms with Crippen LogP contribution in [0.4, 0.5) is 0 Å². The van der Waals surface area contributed by atoms with Crippen LogP contribution in [0.1, 0.15) is 44.8 Å². The van der Waals surface area contributed by atoms with Crippen LogP contribution in [0.5, 0.6) is 0 Å². The second-order valence-corrected chi connectivity index (χ2v) is 6.35. The van der Waals surface area contributed by atoms with E-state index in [1.165, 1.54) is 37.5 Å². The van der Waals surface area contributed by atoms with E-state index in [2.05, 4.69) is 30.4 Å². The second-order valence-electron chi connectivity index (χ2n) is 6.35. The molecule has 0 aliphatic heterocycles. The van der Waals surface area contributed by atoms with Crippen molar-refractivity contribution in [2.75, 3.05) is 6.54 Å². The Morgan fingerprint density at radius 1 is 1.25 bits per heavy atom. The molecule has 2 unspecified atom stereocenters. The van der Waals surface area contributed by atoms with Crippen LogP contribution < -0.4 is 5.32 Å². The number of hydrogen-bond acceptors (Lipinski definition) is 2. The number of hydrogen-bond donors (Lipinski definition) is 1. The average molecular weight is 271 g/mol. The summed E-state index contributed by atoms with van der Waals surface area (Å²) in [5.74, 6) is 2.91. The Morgan fingerprint density at radius 2 is 2.15 bits per heavy atom. The van der Waals surface area contributed by atoms with Gasteiger partial charge in [-0.25, -0.2) is 0 Å². The normalized spacial score (nSPS) is 23.2. The number of benzene rings is 1. The number of rotatable bonds is 5. The van der Waals surface area contributed by atoms with Crippen molar-refractivity contribution in [2.45, 2.75) is 45.6 Å². The number of para-hydroxylation sites is 1. The minimum atomic E-state index is 0.844. The van der Waals surface area contributed by atoms with Gasteiger partial charge in [0.25, 0.3) is 0 Å². The standard InChI is InChI=1S/C18H25NO/c1-14-5-4-6-15(11-14)9-10-19-13-17-12-16-7-2-3-8-18(16)20-17/h2-3,7-8,12,14-15,19H,4-6,9-11,13H2,1H3. The predicted octanol–water partition coefficient (Wildman–Crippen LogP) is 4.74. The Morgan fingerprint density at radius 3 is 3.00 bits per heavy atom. The summed E-state index contributed by atoms with van der Waals surface area (Å²) in [4.78, 5) is 0. The quantitative estimate of drug-likeness (QED) is 0.795. The first-order chi connectivity index (χ1) is 9.81. The molecular weight excluding hydrogens is 246 g/mol. The van der Waals surface area contributed by atoms with Crippen molar-refractivity contribution in [3.63, 3.8) is 0 Å². The maximum absolute atomic E-state index is 5.81. The fraction of sp³-hybridized carbons (Fsp3) is 0.556. The minimum Gasteiger partial charge on any atom is -0.460 e. The molecule has 20 heavy (non-hydrogen) atoms. The third kappa shape index (κ3) is 3.43. The average Bonchev–Trinajstić information content (AvgIpc) is 2.86. The number of furan rings is 1. The van der Waals surface area contributed by atoms with Crippen LogP contribution in [0.2, 0.25) is 0 Å². The zero-order chi connectivity index (χ0) is 13.8. The van der Waals surface area contributed by atoms with Crippen LogP contribution in [-0.2, 0) is 6.54 Å². The van der Waals surface area contributed by atoms with Gasteiger partial charge in [0.05, 0.1) is 6.54 Å². The first-order valence-corrected chi connectivity index (χ1v) is 7.99. The molecule has 1 saturated carbocycles. The summed E-state index contributed by atoms with van der Waals surface area (Å²) in [6.07, 6.45) is 7.02. The maximum atomic E-state index is 5.81. The van der Waals surface area contributed by atoms with E-state index in [-0.39, 0.29) is 0 Å². The lowest BCUT2D eigenvalue weighted by molar-refractivity contribution is 0.267. The van der Waals surface area contributed by atoms with Gasteiger partial charge in [-0.2, -0.15) is 0 Å². The molecule has 1 aromatic carbocycles. The molecule has 0 radical (unpaired) electrons. The SMILES string of the molecule is CC1CCCC(CCNCc2cc3ccccc3o2)C1. The van der Waals surface area contributed by atoms with Gasteiger partial charge in [0.2, 0.25) is 0 Å². The van der Waals surface area contributed by atoms with E-state index in [0.29, 0.717) is 0 Å². The Balaban J connectivity index is 1.43. The van der Waals surface area contributed by atoms with E-state index in [9.17, 15) is 0 Å². The molecule has 2 heteroatoms. The van der Waals surface area contributed by atoms with Gasteiger partial charge in [-0.05, 0) is 43.4 Å². The molecule has 1 heterocycles. The fourth-order valence-electron chi connectivity index (χ4n) is 3.46. The highest BCUT2D eigenvalue weighted by atomic mass is 16.3. The molecule has 1 aliphatic rings. The molecule has 0 spiro atoms. The molecule has 3 rings (SSSR count). The summed E-state index contributed by atoms with van der Waals surface area (Å²) < 4.78 is 5.81. The Bertz CT molecular complexity index is 512. The molecule has 1 aliphatic carbocycles. The smallest absolute Gasteiger partial charge is 0.134 e. The van der Waals surface area contributed by atoms with Crippen molar-refractivity contribution >= 4 is 11.0 Å². The summed E-state index contributed by atoms with van der Waals surface area (Å²) in [6.45, 7) is 4.35. The summed E-state index contributed by atoms with van der Waals surface area (Å²) in [6, 6.07) is 10.4. The first kappa shape index (κ1) is 13.7. The van der Waals surface area contributed by atoms with Crippen LogP contribution in [0.15, 0.2) is 34.7 Å². The lowest BCUT2D eigenvalue weighted by atomic mass is 9.81. The van der Waals surface area contributed by atoms with Gasteiger partial charge in [-0.3, -0.25) is 0 Å². The van der Waals surface area contributed by atoms with Gasteiger partial charge in [0, 0.05) is 5.39 Å². The van der Waals surface area contributed by atoms with Crippen LogP contribution in [0, 0.1) is 11.8 Å². The summed E-state index contributed by atoms with van der Waals surface area (Å²) in [5, 5.41) is 4.73. The molecule has 0 saturated heterocycles. The zero-order valence-corrected chi connectivity index (χ0v) is 12.4. The molecule has 1 fully saturated rings. The van der Waals surface area contributed by atoms with Gasteiger partial charge in [-0.1, -0.05) is 44.4 Å². The van der Waals surface area contributed by atoms with E-state index >= 15 is 0 Å². The van der Waals surface area contributed by atoms with Gasteiger partial charge in [0.15, 0.2) is 0 Å². The van der Waals surface area contributed by atoms with Crippen molar-refractivity contribution in [2.24, 2.45) is 11.8 Å². The van der Waals surface area contributed by atoms with Crippen molar-refractivity contribution in [1.29, 1.82) is 0 Å². The lowest BCUT2D eigenvalue weighted by Gasteiger charge is -2.26. The van der Waals surface area contributed by atoms with E-state index in [4.69, 9.17) is 4.42 Å². The second kappa shape index (κ2) is 6.45. The molecule has 2 nitrogen and oxygen atoms in total. The maximum Gasteiger partial charge on any atom is 0.134 e. The van der Waals surface area contributed by atoms with Crippen molar-refractivity contribution in [3.8, 4) is 0 Å². The van der Waals surface area contributed by atoms with Gasteiger partial charge in [-0.15, -0.1) is 0 Å². The van der Waals surface area contributed by atoms with E-state index < -0.39 is 0 Å². The summed E-state index contributed by atoms with van der Waals surface area (Å²) >= 11 is 0. The van der Waals surface area contributed by atoms with Crippen LogP contribution in [0.3, 0.4) is 0 Å². The third-order valence-corrected chi connectivity index (χ3v) is 4.55. The van der Waals surface area contributed by atoms with E-state index in [1.807, 2.05) is 12.1 Å². The molecule has 2 aromatic rings. The van der Waals surface area contributed by atoms with Crippen LogP contribution >= 0.6 is 0 Å². The Kier molecular flexibility index (Phi) is 4.41. The Labute approximate surface area is 121 Å². The summed E-state index contributed by atoms with van der Waals surface area (Å²) in [7, 11) is 0. The summed E-state index contributed by atoms with van der Waals surface area (Å²) in [5.41, 5.74) is 0.991. The number of fused-ring (bicyclic) bond motifs is 1. The molecule has 0 bridgehead atoms. The van der Waals surface area contributed by atoms with Crippen molar-refractivity contribution in [3.05, 3.63) is 36.1 Å². The van der Waals surface area contributed by atoms with Crippen molar-refractivity contribution < 1.29 is 4.42 Å². The zero-order valence-electron chi connectivity index (χ0n) is 12.4. The van der Waals surface area contributed by atoms with Gasteiger partial charge in [0.1, 0.15) is 11.3 Å². The largest absolute Gasteiger partial charge is 0.460 e. The lowest BCUT2D eigenvalue weighted by Crippen LogP contribution is -2.20. The third-order valence-electron chi connectivity index (χ3n) is 4.55. The number of nitrogens with one attached hydrogen (secondary N) is 1.